The molecule has 5 nitrogen and oxygen atoms in total. The number of hydrogen-bond acceptors (Lipinski definition) is 4. The van der Waals surface area contributed by atoms with Gasteiger partial charge >= 0.3 is 0 Å². The van der Waals surface area contributed by atoms with Gasteiger partial charge in [0, 0.05) is 19.3 Å². The van der Waals surface area contributed by atoms with E-state index in [1.165, 1.54) is 24.3 Å². The SMILES string of the molecule is CC(C)Oc1ccc(S(C)(=O)=O)cc1C(=O)N1CCC(Cc2ccc(F)cc2)C1. The monoisotopic (exact) mass is 419 g/mol. The molecule has 1 saturated heterocycles. The first kappa shape index (κ1) is 21.3. The topological polar surface area (TPSA) is 63.7 Å². The first-order valence-electron chi connectivity index (χ1n) is 9.68. The molecule has 0 spiro atoms. The lowest BCUT2D eigenvalue weighted by atomic mass is 9.99. The minimum Gasteiger partial charge on any atom is -0.490 e. The number of halogens is 1. The Kier molecular flexibility index (Phi) is 6.27. The van der Waals surface area contributed by atoms with Gasteiger partial charge in [-0.25, -0.2) is 12.8 Å². The second-order valence-corrected chi connectivity index (χ2v) is 9.85. The summed E-state index contributed by atoms with van der Waals surface area (Å²) in [6, 6.07) is 10.8. The number of sulfone groups is 1. The number of carbonyl (C=O) groups is 1. The van der Waals surface area contributed by atoms with Crippen LogP contribution in [0, 0.1) is 11.7 Å². The molecule has 2 aromatic rings. The highest BCUT2D eigenvalue weighted by molar-refractivity contribution is 7.90. The highest BCUT2D eigenvalue weighted by Crippen LogP contribution is 2.28. The Morgan fingerprint density at radius 2 is 1.90 bits per heavy atom. The van der Waals surface area contributed by atoms with Crippen LogP contribution in [0.5, 0.6) is 5.75 Å². The Morgan fingerprint density at radius 1 is 1.21 bits per heavy atom. The van der Waals surface area contributed by atoms with Crippen LogP contribution in [-0.4, -0.2) is 44.7 Å². The molecule has 0 radical (unpaired) electrons. The van der Waals surface area contributed by atoms with Gasteiger partial charge in [-0.15, -0.1) is 0 Å². The van der Waals surface area contributed by atoms with Crippen LogP contribution in [-0.2, 0) is 16.3 Å². The Balaban J connectivity index is 1.79. The fourth-order valence-corrected chi connectivity index (χ4v) is 4.22. The molecular weight excluding hydrogens is 393 g/mol. The first-order chi connectivity index (χ1) is 13.6. The Bertz CT molecular complexity index is 986. The maximum atomic E-state index is 13.2. The van der Waals surface area contributed by atoms with Crippen molar-refractivity contribution in [2.75, 3.05) is 19.3 Å². The van der Waals surface area contributed by atoms with E-state index in [0.29, 0.717) is 18.8 Å². The van der Waals surface area contributed by atoms with Crippen LogP contribution in [0.1, 0.15) is 36.2 Å². The average molecular weight is 420 g/mol. The van der Waals surface area contributed by atoms with Crippen LogP contribution in [0.25, 0.3) is 0 Å². The van der Waals surface area contributed by atoms with Crippen molar-refractivity contribution in [1.82, 2.24) is 4.90 Å². The van der Waals surface area contributed by atoms with E-state index in [1.54, 1.807) is 23.1 Å². The van der Waals surface area contributed by atoms with E-state index >= 15 is 0 Å². The van der Waals surface area contributed by atoms with E-state index in [1.807, 2.05) is 13.8 Å². The van der Waals surface area contributed by atoms with E-state index < -0.39 is 9.84 Å². The first-order valence-corrected chi connectivity index (χ1v) is 11.6. The number of rotatable bonds is 6. The van der Waals surface area contributed by atoms with Gasteiger partial charge in [-0.3, -0.25) is 4.79 Å². The van der Waals surface area contributed by atoms with E-state index in [2.05, 4.69) is 0 Å². The summed E-state index contributed by atoms with van der Waals surface area (Å²) in [5.41, 5.74) is 1.30. The molecule has 7 heteroatoms. The van der Waals surface area contributed by atoms with Crippen molar-refractivity contribution >= 4 is 15.7 Å². The lowest BCUT2D eigenvalue weighted by Gasteiger charge is -2.20. The fourth-order valence-electron chi connectivity index (χ4n) is 3.57. The molecule has 29 heavy (non-hydrogen) atoms. The van der Waals surface area contributed by atoms with Crippen molar-refractivity contribution in [3.63, 3.8) is 0 Å². The average Bonchev–Trinajstić information content (AvgIpc) is 3.10. The maximum absolute atomic E-state index is 13.2. The molecule has 1 heterocycles. The summed E-state index contributed by atoms with van der Waals surface area (Å²) in [4.78, 5) is 15.0. The zero-order valence-electron chi connectivity index (χ0n) is 16.9. The molecule has 1 unspecified atom stereocenters. The van der Waals surface area contributed by atoms with Gasteiger partial charge in [0.15, 0.2) is 9.84 Å². The molecule has 1 aliphatic rings. The summed E-state index contributed by atoms with van der Waals surface area (Å²) in [7, 11) is -3.44. The summed E-state index contributed by atoms with van der Waals surface area (Å²) >= 11 is 0. The minimum atomic E-state index is -3.44. The van der Waals surface area contributed by atoms with Gasteiger partial charge in [0.05, 0.1) is 16.6 Å². The fraction of sp³-hybridized carbons (Fsp3) is 0.409. The zero-order valence-corrected chi connectivity index (χ0v) is 17.7. The van der Waals surface area contributed by atoms with Crippen molar-refractivity contribution < 1.29 is 22.3 Å². The van der Waals surface area contributed by atoms with E-state index in [0.717, 1.165) is 24.7 Å². The van der Waals surface area contributed by atoms with Crippen LogP contribution in [0.15, 0.2) is 47.4 Å². The molecule has 0 bridgehead atoms. The Morgan fingerprint density at radius 3 is 2.52 bits per heavy atom. The normalized spacial score (nSPS) is 17.0. The number of likely N-dealkylation sites (tertiary alicyclic amines) is 1. The van der Waals surface area contributed by atoms with Gasteiger partial charge in [-0.1, -0.05) is 12.1 Å². The molecule has 0 aromatic heterocycles. The zero-order chi connectivity index (χ0) is 21.2. The van der Waals surface area contributed by atoms with Gasteiger partial charge in [0.1, 0.15) is 11.6 Å². The molecule has 0 aliphatic carbocycles. The van der Waals surface area contributed by atoms with E-state index in [4.69, 9.17) is 4.74 Å². The van der Waals surface area contributed by atoms with Crippen LogP contribution < -0.4 is 4.74 Å². The summed E-state index contributed by atoms with van der Waals surface area (Å²) in [5.74, 6) is 0.171. The molecule has 1 fully saturated rings. The number of hydrogen-bond donors (Lipinski definition) is 0. The lowest BCUT2D eigenvalue weighted by Crippen LogP contribution is -2.30. The standard InChI is InChI=1S/C22H26FNO4S/c1-15(2)28-21-9-8-19(29(3,26)27)13-20(21)22(25)24-11-10-17(14-24)12-16-4-6-18(23)7-5-16/h4-9,13,15,17H,10-12,14H2,1-3H3. The molecule has 0 N–H and O–H groups in total. The van der Waals surface area contributed by atoms with Crippen molar-refractivity contribution in [2.45, 2.75) is 37.7 Å². The summed E-state index contributed by atoms with van der Waals surface area (Å²) in [6.07, 6.45) is 2.59. The highest BCUT2D eigenvalue weighted by atomic mass is 32.2. The van der Waals surface area contributed by atoms with Crippen molar-refractivity contribution in [3.05, 3.63) is 59.4 Å². The number of ether oxygens (including phenoxy) is 1. The van der Waals surface area contributed by atoms with Crippen LogP contribution in [0.2, 0.25) is 0 Å². The molecular formula is C22H26FNO4S. The van der Waals surface area contributed by atoms with E-state index in [-0.39, 0.29) is 34.2 Å². The molecule has 2 aromatic carbocycles. The van der Waals surface area contributed by atoms with E-state index in [9.17, 15) is 17.6 Å². The Labute approximate surface area is 171 Å². The van der Waals surface area contributed by atoms with Gasteiger partial charge in [0.25, 0.3) is 5.91 Å². The van der Waals surface area contributed by atoms with Crippen molar-refractivity contribution in [1.29, 1.82) is 0 Å². The van der Waals surface area contributed by atoms with Gasteiger partial charge < -0.3 is 9.64 Å². The van der Waals surface area contributed by atoms with Gasteiger partial charge in [0.2, 0.25) is 0 Å². The molecule has 3 rings (SSSR count). The third-order valence-electron chi connectivity index (χ3n) is 4.98. The number of carbonyl (C=O) groups excluding carboxylic acids is 1. The number of amides is 1. The third kappa shape index (κ3) is 5.35. The second kappa shape index (κ2) is 8.53. The summed E-state index contributed by atoms with van der Waals surface area (Å²) in [6.45, 7) is 4.87. The molecule has 0 saturated carbocycles. The molecule has 1 amide bonds. The molecule has 156 valence electrons. The molecule has 1 aliphatic heterocycles. The highest BCUT2D eigenvalue weighted by Gasteiger charge is 2.29. The van der Waals surface area contributed by atoms with Crippen LogP contribution in [0.4, 0.5) is 4.39 Å². The van der Waals surface area contributed by atoms with Crippen LogP contribution in [0.3, 0.4) is 0 Å². The van der Waals surface area contributed by atoms with Gasteiger partial charge in [-0.2, -0.15) is 0 Å². The largest absolute Gasteiger partial charge is 0.490 e. The quantitative estimate of drug-likeness (QED) is 0.716. The smallest absolute Gasteiger partial charge is 0.257 e. The third-order valence-corrected chi connectivity index (χ3v) is 6.09. The maximum Gasteiger partial charge on any atom is 0.257 e. The number of nitrogens with zero attached hydrogens (tertiary/aromatic N) is 1. The lowest BCUT2D eigenvalue weighted by molar-refractivity contribution is 0.0780. The van der Waals surface area contributed by atoms with Gasteiger partial charge in [-0.05, 0) is 68.5 Å². The van der Waals surface area contributed by atoms with Crippen molar-refractivity contribution in [2.24, 2.45) is 5.92 Å². The summed E-state index contributed by atoms with van der Waals surface area (Å²) in [5, 5.41) is 0. The van der Waals surface area contributed by atoms with Crippen molar-refractivity contribution in [3.8, 4) is 5.75 Å². The second-order valence-electron chi connectivity index (χ2n) is 7.83. The minimum absolute atomic E-state index is 0.0963. The number of benzene rings is 2. The Hall–Kier alpha value is -2.41. The predicted octanol–water partition coefficient (Wildman–Crippen LogP) is 3.72. The predicted molar refractivity (Wildman–Crippen MR) is 109 cm³/mol. The summed E-state index contributed by atoms with van der Waals surface area (Å²) < 4.78 is 42.7. The molecule has 1 atom stereocenters. The van der Waals surface area contributed by atoms with Crippen LogP contribution >= 0.6 is 0 Å².